The Bertz CT molecular complexity index is 374. The molecule has 0 radical (unpaired) electrons. The summed E-state index contributed by atoms with van der Waals surface area (Å²) in [5, 5.41) is 9.50. The Hall–Kier alpha value is -0.600. The molecule has 0 aromatic heterocycles. The molecule has 0 bridgehead atoms. The third kappa shape index (κ3) is 3.68. The Morgan fingerprint density at radius 1 is 1.18 bits per heavy atom. The fourth-order valence-corrected chi connectivity index (χ4v) is 2.75. The summed E-state index contributed by atoms with van der Waals surface area (Å²) < 4.78 is 1.08. The molecule has 2 rings (SSSR count). The van der Waals surface area contributed by atoms with Gasteiger partial charge in [-0.3, -0.25) is 0 Å². The maximum absolute atomic E-state index is 9.50. The van der Waals surface area contributed by atoms with Crippen molar-refractivity contribution in [1.82, 2.24) is 0 Å². The minimum Gasteiger partial charge on any atom is -0.392 e. The van der Waals surface area contributed by atoms with E-state index < -0.39 is 0 Å². The van der Waals surface area contributed by atoms with Gasteiger partial charge in [-0.15, -0.1) is 0 Å². The topological polar surface area (TPSA) is 20.2 Å². The Balaban J connectivity index is 2.14. The van der Waals surface area contributed by atoms with E-state index in [1.54, 1.807) is 0 Å². The quantitative estimate of drug-likeness (QED) is 0.876. The van der Waals surface area contributed by atoms with Gasteiger partial charge in [0.2, 0.25) is 0 Å². The van der Waals surface area contributed by atoms with Crippen LogP contribution in [0.1, 0.15) is 37.7 Å². The van der Waals surface area contributed by atoms with Crippen molar-refractivity contribution in [3.05, 3.63) is 40.4 Å². The van der Waals surface area contributed by atoms with Crippen molar-refractivity contribution in [2.24, 2.45) is 5.92 Å². The fourth-order valence-electron chi connectivity index (χ4n) is 2.49. The summed E-state index contributed by atoms with van der Waals surface area (Å²) in [6, 6.07) is 8.18. The third-order valence-electron chi connectivity index (χ3n) is 3.47. The molecule has 0 unspecified atom stereocenters. The van der Waals surface area contributed by atoms with Crippen LogP contribution in [0.15, 0.2) is 34.8 Å². The van der Waals surface area contributed by atoms with E-state index in [0.717, 1.165) is 15.6 Å². The highest BCUT2D eigenvalue weighted by Gasteiger charge is 2.12. The van der Waals surface area contributed by atoms with Crippen molar-refractivity contribution in [1.29, 1.82) is 0 Å². The fraction of sp³-hybridized carbons (Fsp3) is 0.467. The molecule has 0 amide bonds. The molecule has 1 fully saturated rings. The molecule has 17 heavy (non-hydrogen) atoms. The monoisotopic (exact) mass is 294 g/mol. The van der Waals surface area contributed by atoms with Gasteiger partial charge in [0.05, 0.1) is 6.61 Å². The van der Waals surface area contributed by atoms with Crippen molar-refractivity contribution in [2.45, 2.75) is 32.1 Å². The highest BCUT2D eigenvalue weighted by Crippen LogP contribution is 2.28. The van der Waals surface area contributed by atoms with Gasteiger partial charge in [0.1, 0.15) is 0 Å². The molecule has 2 heteroatoms. The first-order chi connectivity index (χ1) is 8.29. The SMILES string of the molecule is OCC(=CC1CCCCC1)c1ccc(Br)cc1. The number of halogens is 1. The second kappa shape index (κ2) is 6.36. The number of aliphatic hydroxyl groups excluding tert-OH is 1. The molecule has 0 saturated heterocycles. The molecule has 92 valence electrons. The number of aliphatic hydroxyl groups is 1. The summed E-state index contributed by atoms with van der Waals surface area (Å²) in [6.45, 7) is 0.137. The van der Waals surface area contributed by atoms with Gasteiger partial charge in [-0.2, -0.15) is 0 Å². The molecule has 0 atom stereocenters. The first kappa shape index (κ1) is 12.8. The smallest absolute Gasteiger partial charge is 0.0684 e. The molecule has 1 aromatic carbocycles. The minimum absolute atomic E-state index is 0.137. The van der Waals surface area contributed by atoms with E-state index in [9.17, 15) is 5.11 Å². The molecular weight excluding hydrogens is 276 g/mol. The maximum Gasteiger partial charge on any atom is 0.0684 e. The molecule has 1 N–H and O–H groups in total. The van der Waals surface area contributed by atoms with E-state index in [1.165, 1.54) is 32.1 Å². The molecule has 0 heterocycles. The van der Waals surface area contributed by atoms with Crippen LogP contribution in [-0.2, 0) is 0 Å². The predicted molar refractivity (Wildman–Crippen MR) is 75.8 cm³/mol. The van der Waals surface area contributed by atoms with Gasteiger partial charge in [-0.05, 0) is 42.0 Å². The van der Waals surface area contributed by atoms with E-state index >= 15 is 0 Å². The van der Waals surface area contributed by atoms with Gasteiger partial charge >= 0.3 is 0 Å². The Kier molecular flexibility index (Phi) is 4.81. The number of rotatable bonds is 3. The van der Waals surface area contributed by atoms with Crippen molar-refractivity contribution in [3.63, 3.8) is 0 Å². The lowest BCUT2D eigenvalue weighted by atomic mass is 9.87. The van der Waals surface area contributed by atoms with Crippen LogP contribution >= 0.6 is 15.9 Å². The Morgan fingerprint density at radius 2 is 1.82 bits per heavy atom. The van der Waals surface area contributed by atoms with Gasteiger partial charge in [-0.1, -0.05) is 53.4 Å². The molecule has 0 aliphatic heterocycles. The summed E-state index contributed by atoms with van der Waals surface area (Å²) in [7, 11) is 0. The van der Waals surface area contributed by atoms with Crippen LogP contribution in [-0.4, -0.2) is 11.7 Å². The van der Waals surface area contributed by atoms with E-state index in [4.69, 9.17) is 0 Å². The number of hydrogen-bond acceptors (Lipinski definition) is 1. The second-order valence-corrected chi connectivity index (χ2v) is 5.67. The average Bonchev–Trinajstić information content (AvgIpc) is 2.38. The number of allylic oxidation sites excluding steroid dienone is 1. The largest absolute Gasteiger partial charge is 0.392 e. The Labute approximate surface area is 112 Å². The van der Waals surface area contributed by atoms with Crippen LogP contribution in [0.3, 0.4) is 0 Å². The number of benzene rings is 1. The van der Waals surface area contributed by atoms with Crippen LogP contribution in [0.2, 0.25) is 0 Å². The molecule has 1 saturated carbocycles. The number of hydrogen-bond donors (Lipinski definition) is 1. The zero-order chi connectivity index (χ0) is 12.1. The zero-order valence-corrected chi connectivity index (χ0v) is 11.6. The van der Waals surface area contributed by atoms with Crippen molar-refractivity contribution >= 4 is 21.5 Å². The molecule has 1 aliphatic carbocycles. The van der Waals surface area contributed by atoms with Crippen LogP contribution < -0.4 is 0 Å². The lowest BCUT2D eigenvalue weighted by Gasteiger charge is -2.19. The first-order valence-electron chi connectivity index (χ1n) is 6.37. The summed E-state index contributed by atoms with van der Waals surface area (Å²) in [4.78, 5) is 0. The van der Waals surface area contributed by atoms with Crippen molar-refractivity contribution in [3.8, 4) is 0 Å². The van der Waals surface area contributed by atoms with Gasteiger partial charge in [0, 0.05) is 4.47 Å². The van der Waals surface area contributed by atoms with Crippen molar-refractivity contribution < 1.29 is 5.11 Å². The summed E-state index contributed by atoms with van der Waals surface area (Å²) >= 11 is 3.43. The van der Waals surface area contributed by atoms with Gasteiger partial charge in [-0.25, -0.2) is 0 Å². The van der Waals surface area contributed by atoms with Crippen LogP contribution in [0, 0.1) is 5.92 Å². The average molecular weight is 295 g/mol. The lowest BCUT2D eigenvalue weighted by Crippen LogP contribution is -2.05. The highest BCUT2D eigenvalue weighted by atomic mass is 79.9. The minimum atomic E-state index is 0.137. The molecule has 1 aliphatic rings. The maximum atomic E-state index is 9.50. The van der Waals surface area contributed by atoms with E-state index in [-0.39, 0.29) is 6.61 Å². The highest BCUT2D eigenvalue weighted by molar-refractivity contribution is 9.10. The summed E-state index contributed by atoms with van der Waals surface area (Å²) in [5.41, 5.74) is 2.21. The first-order valence-corrected chi connectivity index (χ1v) is 7.16. The Morgan fingerprint density at radius 3 is 2.41 bits per heavy atom. The molecule has 1 aromatic rings. The van der Waals surface area contributed by atoms with Crippen LogP contribution in [0.4, 0.5) is 0 Å². The normalized spacial score (nSPS) is 18.4. The standard InChI is InChI=1S/C15H19BrO/c16-15-8-6-13(7-9-15)14(11-17)10-12-4-2-1-3-5-12/h6-10,12,17H,1-5,11H2. The predicted octanol–water partition coefficient (Wildman–Crippen LogP) is 4.41. The van der Waals surface area contributed by atoms with Crippen LogP contribution in [0.5, 0.6) is 0 Å². The van der Waals surface area contributed by atoms with E-state index in [0.29, 0.717) is 5.92 Å². The van der Waals surface area contributed by atoms with E-state index in [1.807, 2.05) is 12.1 Å². The van der Waals surface area contributed by atoms with Crippen LogP contribution in [0.25, 0.3) is 5.57 Å². The van der Waals surface area contributed by atoms with E-state index in [2.05, 4.69) is 34.1 Å². The molecular formula is C15H19BrO. The summed E-state index contributed by atoms with van der Waals surface area (Å²) in [5.74, 6) is 0.662. The van der Waals surface area contributed by atoms with Crippen molar-refractivity contribution in [2.75, 3.05) is 6.61 Å². The lowest BCUT2D eigenvalue weighted by molar-refractivity contribution is 0.347. The second-order valence-electron chi connectivity index (χ2n) is 4.76. The third-order valence-corrected chi connectivity index (χ3v) is 4.00. The molecule has 1 nitrogen and oxygen atoms in total. The zero-order valence-electron chi connectivity index (χ0n) is 10.0. The van der Waals surface area contributed by atoms with Gasteiger partial charge < -0.3 is 5.11 Å². The van der Waals surface area contributed by atoms with Gasteiger partial charge in [0.15, 0.2) is 0 Å². The summed E-state index contributed by atoms with van der Waals surface area (Å²) in [6.07, 6.45) is 8.87. The van der Waals surface area contributed by atoms with Gasteiger partial charge in [0.25, 0.3) is 0 Å². The molecule has 0 spiro atoms.